The monoisotopic (exact) mass is 228 g/mol. The fourth-order valence-electron chi connectivity index (χ4n) is 1.88. The summed E-state index contributed by atoms with van der Waals surface area (Å²) in [6, 6.07) is 0. The number of nitrogens with zero attached hydrogens (tertiary/aromatic N) is 1. The molecule has 1 amide bonds. The van der Waals surface area contributed by atoms with Crippen molar-refractivity contribution in [3.05, 3.63) is 0 Å². The van der Waals surface area contributed by atoms with Gasteiger partial charge in [0.05, 0.1) is 0 Å². The molecule has 0 aromatic heterocycles. The lowest BCUT2D eigenvalue weighted by Gasteiger charge is -2.29. The molecule has 0 radical (unpaired) electrons. The third kappa shape index (κ3) is 4.84. The topological polar surface area (TPSA) is 41.6 Å². The Labute approximate surface area is 98.3 Å². The molecule has 1 heterocycles. The second-order valence-electron chi connectivity index (χ2n) is 5.57. The molecule has 1 saturated heterocycles. The summed E-state index contributed by atoms with van der Waals surface area (Å²) in [5.41, 5.74) is -0.407. The molecule has 16 heavy (non-hydrogen) atoms. The number of hydrogen-bond donors (Lipinski definition) is 1. The van der Waals surface area contributed by atoms with Crippen molar-refractivity contribution in [2.45, 2.75) is 39.2 Å². The van der Waals surface area contributed by atoms with E-state index in [1.807, 2.05) is 27.8 Å². The van der Waals surface area contributed by atoms with E-state index in [1.165, 1.54) is 12.8 Å². The Hall–Kier alpha value is -0.770. The van der Waals surface area contributed by atoms with Crippen LogP contribution in [0.25, 0.3) is 0 Å². The summed E-state index contributed by atoms with van der Waals surface area (Å²) in [4.78, 5) is 13.4. The van der Waals surface area contributed by atoms with Crippen LogP contribution in [-0.4, -0.2) is 43.3 Å². The zero-order valence-corrected chi connectivity index (χ0v) is 10.9. The zero-order valence-electron chi connectivity index (χ0n) is 10.9. The maximum atomic E-state index is 11.7. The van der Waals surface area contributed by atoms with E-state index in [9.17, 15) is 4.79 Å². The first-order chi connectivity index (χ1) is 7.38. The highest BCUT2D eigenvalue weighted by molar-refractivity contribution is 5.67. The fraction of sp³-hybridized carbons (Fsp3) is 0.917. The van der Waals surface area contributed by atoms with Gasteiger partial charge in [0.15, 0.2) is 0 Å². The number of rotatable bonds is 2. The second kappa shape index (κ2) is 5.53. The minimum Gasteiger partial charge on any atom is -0.444 e. The van der Waals surface area contributed by atoms with Crippen LogP contribution in [0.4, 0.5) is 4.79 Å². The summed E-state index contributed by atoms with van der Waals surface area (Å²) >= 11 is 0. The highest BCUT2D eigenvalue weighted by atomic mass is 16.6. The van der Waals surface area contributed by atoms with Crippen LogP contribution in [0.1, 0.15) is 33.6 Å². The largest absolute Gasteiger partial charge is 0.444 e. The van der Waals surface area contributed by atoms with Gasteiger partial charge in [-0.15, -0.1) is 0 Å². The molecular weight excluding hydrogens is 204 g/mol. The Morgan fingerprint density at radius 3 is 2.69 bits per heavy atom. The van der Waals surface area contributed by atoms with Crippen LogP contribution in [0.2, 0.25) is 0 Å². The average Bonchev–Trinajstić information content (AvgIpc) is 2.16. The van der Waals surface area contributed by atoms with Crippen LogP contribution in [-0.2, 0) is 4.74 Å². The Balaban J connectivity index is 2.33. The zero-order chi connectivity index (χ0) is 12.2. The van der Waals surface area contributed by atoms with E-state index in [4.69, 9.17) is 4.74 Å². The van der Waals surface area contributed by atoms with Crippen LogP contribution in [0.3, 0.4) is 0 Å². The third-order valence-electron chi connectivity index (χ3n) is 2.64. The molecule has 4 heteroatoms. The predicted octanol–water partition coefficient (Wildman–Crippen LogP) is 1.85. The van der Waals surface area contributed by atoms with Gasteiger partial charge in [-0.2, -0.15) is 0 Å². The van der Waals surface area contributed by atoms with E-state index in [-0.39, 0.29) is 6.09 Å². The smallest absolute Gasteiger partial charge is 0.410 e. The lowest BCUT2D eigenvalue weighted by Crippen LogP contribution is -2.41. The number of nitrogens with one attached hydrogen (secondary N) is 1. The molecule has 0 saturated carbocycles. The summed E-state index contributed by atoms with van der Waals surface area (Å²) in [6.45, 7) is 8.56. The van der Waals surface area contributed by atoms with Crippen LogP contribution in [0, 0.1) is 5.92 Å². The fourth-order valence-corrected chi connectivity index (χ4v) is 1.88. The van der Waals surface area contributed by atoms with Crippen LogP contribution >= 0.6 is 0 Å². The molecule has 1 rings (SSSR count). The van der Waals surface area contributed by atoms with Gasteiger partial charge in [-0.05, 0) is 52.6 Å². The normalized spacial score (nSPS) is 21.6. The second-order valence-corrected chi connectivity index (χ2v) is 5.57. The van der Waals surface area contributed by atoms with Crippen molar-refractivity contribution in [3.63, 3.8) is 0 Å². The van der Waals surface area contributed by atoms with Crippen molar-refractivity contribution in [2.75, 3.05) is 26.7 Å². The number of carbonyl (C=O) groups is 1. The van der Waals surface area contributed by atoms with Crippen molar-refractivity contribution >= 4 is 6.09 Å². The quantitative estimate of drug-likeness (QED) is 0.784. The molecule has 0 aromatic carbocycles. The van der Waals surface area contributed by atoms with E-state index >= 15 is 0 Å². The Morgan fingerprint density at radius 1 is 1.50 bits per heavy atom. The van der Waals surface area contributed by atoms with E-state index in [0.717, 1.165) is 19.6 Å². The Bertz CT molecular complexity index is 230. The molecule has 94 valence electrons. The minimum atomic E-state index is -0.407. The number of hydrogen-bond acceptors (Lipinski definition) is 3. The van der Waals surface area contributed by atoms with Crippen molar-refractivity contribution in [1.82, 2.24) is 10.2 Å². The Kier molecular flexibility index (Phi) is 4.59. The molecule has 0 unspecified atom stereocenters. The molecule has 1 aliphatic heterocycles. The van der Waals surface area contributed by atoms with Gasteiger partial charge >= 0.3 is 6.09 Å². The van der Waals surface area contributed by atoms with Gasteiger partial charge < -0.3 is 15.0 Å². The van der Waals surface area contributed by atoms with Crippen molar-refractivity contribution < 1.29 is 9.53 Å². The van der Waals surface area contributed by atoms with Gasteiger partial charge in [-0.3, -0.25) is 0 Å². The summed E-state index contributed by atoms with van der Waals surface area (Å²) in [5, 5.41) is 3.35. The SMILES string of the molecule is CN(C[C@H]1CCCNC1)C(=O)OC(C)(C)C. The molecule has 0 spiro atoms. The lowest BCUT2D eigenvalue weighted by atomic mass is 9.99. The van der Waals surface area contributed by atoms with Crippen molar-refractivity contribution in [1.29, 1.82) is 0 Å². The number of ether oxygens (including phenoxy) is 1. The highest BCUT2D eigenvalue weighted by Crippen LogP contribution is 2.13. The first-order valence-electron chi connectivity index (χ1n) is 6.03. The maximum Gasteiger partial charge on any atom is 0.410 e. The number of carbonyl (C=O) groups excluding carboxylic acids is 1. The molecule has 1 N–H and O–H groups in total. The first kappa shape index (κ1) is 13.3. The molecule has 0 bridgehead atoms. The summed E-state index contributed by atoms with van der Waals surface area (Å²) in [6.07, 6.45) is 2.17. The van der Waals surface area contributed by atoms with Crippen LogP contribution in [0.15, 0.2) is 0 Å². The average molecular weight is 228 g/mol. The molecule has 4 nitrogen and oxygen atoms in total. The number of piperidine rings is 1. The highest BCUT2D eigenvalue weighted by Gasteiger charge is 2.22. The summed E-state index contributed by atoms with van der Waals surface area (Å²) < 4.78 is 5.31. The van der Waals surface area contributed by atoms with E-state index < -0.39 is 5.60 Å². The van der Waals surface area contributed by atoms with Gasteiger partial charge in [-0.25, -0.2) is 4.79 Å². The van der Waals surface area contributed by atoms with Gasteiger partial charge in [0.1, 0.15) is 5.60 Å². The third-order valence-corrected chi connectivity index (χ3v) is 2.64. The molecular formula is C12H24N2O2. The van der Waals surface area contributed by atoms with Crippen LogP contribution in [0.5, 0.6) is 0 Å². The molecule has 1 fully saturated rings. The van der Waals surface area contributed by atoms with Gasteiger partial charge in [0.2, 0.25) is 0 Å². The molecule has 0 aliphatic carbocycles. The maximum absolute atomic E-state index is 11.7. The predicted molar refractivity (Wildman–Crippen MR) is 64.5 cm³/mol. The van der Waals surface area contributed by atoms with Crippen molar-refractivity contribution in [2.24, 2.45) is 5.92 Å². The van der Waals surface area contributed by atoms with E-state index in [1.54, 1.807) is 4.90 Å². The minimum absolute atomic E-state index is 0.224. The van der Waals surface area contributed by atoms with E-state index in [0.29, 0.717) is 5.92 Å². The van der Waals surface area contributed by atoms with Crippen molar-refractivity contribution in [3.8, 4) is 0 Å². The standard InChI is InChI=1S/C12H24N2O2/c1-12(2,3)16-11(15)14(4)9-10-6-5-7-13-8-10/h10,13H,5-9H2,1-4H3/t10-/m0/s1. The molecule has 1 aliphatic rings. The summed E-state index contributed by atoms with van der Waals surface area (Å²) in [5.74, 6) is 0.561. The Morgan fingerprint density at radius 2 is 2.19 bits per heavy atom. The first-order valence-corrected chi connectivity index (χ1v) is 6.03. The molecule has 1 atom stereocenters. The van der Waals surface area contributed by atoms with Gasteiger partial charge in [0.25, 0.3) is 0 Å². The lowest BCUT2D eigenvalue weighted by molar-refractivity contribution is 0.0266. The van der Waals surface area contributed by atoms with Gasteiger partial charge in [-0.1, -0.05) is 0 Å². The molecule has 0 aromatic rings. The van der Waals surface area contributed by atoms with Crippen LogP contribution < -0.4 is 5.32 Å². The van der Waals surface area contributed by atoms with Gasteiger partial charge in [0, 0.05) is 13.6 Å². The van der Waals surface area contributed by atoms with E-state index in [2.05, 4.69) is 5.32 Å². The summed E-state index contributed by atoms with van der Waals surface area (Å²) in [7, 11) is 1.81. The number of amides is 1.